The van der Waals surface area contributed by atoms with E-state index in [0.717, 1.165) is 5.75 Å². The highest BCUT2D eigenvalue weighted by Crippen LogP contribution is 2.48. The van der Waals surface area contributed by atoms with Crippen molar-refractivity contribution < 1.29 is 14.6 Å². The third kappa shape index (κ3) is 2.75. The molecule has 2 aromatic rings. The molecule has 0 spiro atoms. The number of fused-ring (bicyclic) bond motifs is 1. The number of rotatable bonds is 3. The second-order valence-electron chi connectivity index (χ2n) is 6.55. The van der Waals surface area contributed by atoms with Crippen molar-refractivity contribution in [2.24, 2.45) is 0 Å². The Labute approximate surface area is 141 Å². The van der Waals surface area contributed by atoms with Gasteiger partial charge in [0.05, 0.1) is 5.69 Å². The van der Waals surface area contributed by atoms with Gasteiger partial charge in [-0.15, -0.1) is 0 Å². The van der Waals surface area contributed by atoms with E-state index < -0.39 is 5.60 Å². The average molecular weight is 329 g/mol. The molecule has 24 heavy (non-hydrogen) atoms. The Morgan fingerprint density at radius 2 is 1.79 bits per heavy atom. The molecule has 1 aliphatic rings. The Morgan fingerprint density at radius 1 is 1.12 bits per heavy atom. The van der Waals surface area contributed by atoms with Crippen LogP contribution in [0.2, 0.25) is 0 Å². The van der Waals surface area contributed by atoms with Gasteiger partial charge < -0.3 is 31.8 Å². The van der Waals surface area contributed by atoms with E-state index in [9.17, 15) is 5.11 Å². The molecular formula is C18H23N3O3. The van der Waals surface area contributed by atoms with Crippen LogP contribution in [0, 0.1) is 6.92 Å². The molecule has 2 aromatic carbocycles. The van der Waals surface area contributed by atoms with Gasteiger partial charge in [0, 0.05) is 5.56 Å². The SMILES string of the molecule is Cc1ccc(OCC2(C)CCc3c(N)c(O)c(N)c(N)c3O2)cc1. The van der Waals surface area contributed by atoms with Gasteiger partial charge in [-0.1, -0.05) is 17.7 Å². The molecule has 7 N–H and O–H groups in total. The van der Waals surface area contributed by atoms with Crippen molar-refractivity contribution in [1.29, 1.82) is 0 Å². The molecule has 6 nitrogen and oxygen atoms in total. The lowest BCUT2D eigenvalue weighted by Crippen LogP contribution is -2.42. The maximum atomic E-state index is 9.94. The standard InChI is InChI=1S/C18H23N3O3/c1-10-3-5-11(6-4-10)23-9-18(2)8-7-12-13(19)16(22)14(20)15(21)17(12)24-18/h3-6,22H,7-9,19-21H2,1-2H3. The first-order valence-corrected chi connectivity index (χ1v) is 7.87. The quantitative estimate of drug-likeness (QED) is 0.508. The highest BCUT2D eigenvalue weighted by molar-refractivity contribution is 5.87. The topological polar surface area (TPSA) is 117 Å². The molecule has 0 radical (unpaired) electrons. The largest absolute Gasteiger partial charge is 0.504 e. The van der Waals surface area contributed by atoms with Gasteiger partial charge in [-0.05, 0) is 38.8 Å². The van der Waals surface area contributed by atoms with Crippen LogP contribution in [0.4, 0.5) is 17.1 Å². The minimum absolute atomic E-state index is 0.0509. The average Bonchev–Trinajstić information content (AvgIpc) is 2.57. The van der Waals surface area contributed by atoms with Gasteiger partial charge in [-0.3, -0.25) is 0 Å². The normalized spacial score (nSPS) is 19.4. The molecular weight excluding hydrogens is 306 g/mol. The van der Waals surface area contributed by atoms with E-state index in [1.807, 2.05) is 38.1 Å². The van der Waals surface area contributed by atoms with Crippen LogP contribution in [-0.2, 0) is 6.42 Å². The number of phenolic OH excluding ortho intramolecular Hbond substituents is 1. The number of aromatic hydroxyl groups is 1. The number of hydrogen-bond donors (Lipinski definition) is 4. The van der Waals surface area contributed by atoms with Gasteiger partial charge in [-0.2, -0.15) is 0 Å². The summed E-state index contributed by atoms with van der Waals surface area (Å²) in [5.74, 6) is 1.06. The fraction of sp³-hybridized carbons (Fsp3) is 0.333. The van der Waals surface area contributed by atoms with Crippen molar-refractivity contribution in [2.75, 3.05) is 23.8 Å². The van der Waals surface area contributed by atoms with Crippen LogP contribution in [0.1, 0.15) is 24.5 Å². The predicted octanol–water partition coefficient (Wildman–Crippen LogP) is 2.61. The van der Waals surface area contributed by atoms with Crippen LogP contribution < -0.4 is 26.7 Å². The minimum Gasteiger partial charge on any atom is -0.504 e. The highest BCUT2D eigenvalue weighted by Gasteiger charge is 2.36. The molecule has 1 aliphatic heterocycles. The smallest absolute Gasteiger partial charge is 0.164 e. The fourth-order valence-corrected chi connectivity index (χ4v) is 2.85. The van der Waals surface area contributed by atoms with Crippen LogP contribution in [-0.4, -0.2) is 17.3 Å². The Kier molecular flexibility index (Phi) is 3.83. The van der Waals surface area contributed by atoms with Crippen molar-refractivity contribution in [3.8, 4) is 17.2 Å². The maximum absolute atomic E-state index is 9.94. The minimum atomic E-state index is -0.554. The third-order valence-electron chi connectivity index (χ3n) is 4.46. The van der Waals surface area contributed by atoms with E-state index in [0.29, 0.717) is 30.8 Å². The molecule has 0 fully saturated rings. The summed E-state index contributed by atoms with van der Waals surface area (Å²) in [6.07, 6.45) is 1.33. The molecule has 0 amide bonds. The number of hydrogen-bond acceptors (Lipinski definition) is 6. The second-order valence-corrected chi connectivity index (χ2v) is 6.55. The zero-order valence-corrected chi connectivity index (χ0v) is 13.9. The molecule has 0 saturated carbocycles. The molecule has 1 heterocycles. The monoisotopic (exact) mass is 329 g/mol. The van der Waals surface area contributed by atoms with Crippen molar-refractivity contribution in [3.05, 3.63) is 35.4 Å². The Hall–Kier alpha value is -2.76. The second kappa shape index (κ2) is 5.70. The fourth-order valence-electron chi connectivity index (χ4n) is 2.85. The number of anilines is 3. The lowest BCUT2D eigenvalue weighted by molar-refractivity contribution is 0.0185. The number of benzene rings is 2. The van der Waals surface area contributed by atoms with E-state index in [2.05, 4.69) is 0 Å². The summed E-state index contributed by atoms with van der Waals surface area (Å²) in [4.78, 5) is 0. The number of nitrogen functional groups attached to an aromatic ring is 3. The van der Waals surface area contributed by atoms with Crippen molar-refractivity contribution >= 4 is 17.1 Å². The van der Waals surface area contributed by atoms with Gasteiger partial charge in [0.25, 0.3) is 0 Å². The highest BCUT2D eigenvalue weighted by atomic mass is 16.5. The first kappa shape index (κ1) is 16.1. The van der Waals surface area contributed by atoms with Gasteiger partial charge in [0.1, 0.15) is 29.3 Å². The molecule has 3 rings (SSSR count). The van der Waals surface area contributed by atoms with E-state index in [1.54, 1.807) is 0 Å². The zero-order chi connectivity index (χ0) is 17.5. The molecule has 0 aliphatic carbocycles. The molecule has 0 bridgehead atoms. The summed E-state index contributed by atoms with van der Waals surface area (Å²) in [5.41, 5.74) is 19.6. The molecule has 1 atom stereocenters. The van der Waals surface area contributed by atoms with Crippen LogP contribution in [0.15, 0.2) is 24.3 Å². The maximum Gasteiger partial charge on any atom is 0.164 e. The Morgan fingerprint density at radius 3 is 2.46 bits per heavy atom. The van der Waals surface area contributed by atoms with Gasteiger partial charge in [-0.25, -0.2) is 0 Å². The van der Waals surface area contributed by atoms with E-state index in [1.165, 1.54) is 5.56 Å². The molecule has 1 unspecified atom stereocenters. The van der Waals surface area contributed by atoms with Crippen molar-refractivity contribution in [2.45, 2.75) is 32.3 Å². The van der Waals surface area contributed by atoms with Crippen LogP contribution >= 0.6 is 0 Å². The summed E-state index contributed by atoms with van der Waals surface area (Å²) in [7, 11) is 0. The zero-order valence-electron chi connectivity index (χ0n) is 13.9. The van der Waals surface area contributed by atoms with E-state index in [4.69, 9.17) is 26.7 Å². The summed E-state index contributed by atoms with van der Waals surface area (Å²) in [6, 6.07) is 7.85. The third-order valence-corrected chi connectivity index (χ3v) is 4.46. The predicted molar refractivity (Wildman–Crippen MR) is 95.4 cm³/mol. The van der Waals surface area contributed by atoms with E-state index >= 15 is 0 Å². The van der Waals surface area contributed by atoms with Gasteiger partial charge >= 0.3 is 0 Å². The van der Waals surface area contributed by atoms with Gasteiger partial charge in [0.2, 0.25) is 0 Å². The van der Waals surface area contributed by atoms with Crippen molar-refractivity contribution in [1.82, 2.24) is 0 Å². The lowest BCUT2D eigenvalue weighted by Gasteiger charge is -2.37. The summed E-state index contributed by atoms with van der Waals surface area (Å²) in [6.45, 7) is 4.36. The van der Waals surface area contributed by atoms with Crippen molar-refractivity contribution in [3.63, 3.8) is 0 Å². The lowest BCUT2D eigenvalue weighted by atomic mass is 9.91. The number of nitrogens with two attached hydrogens (primary N) is 3. The van der Waals surface area contributed by atoms with Crippen LogP contribution in [0.5, 0.6) is 17.2 Å². The Bertz CT molecular complexity index is 774. The molecule has 0 aromatic heterocycles. The molecule has 0 saturated heterocycles. The summed E-state index contributed by atoms with van der Waals surface area (Å²) < 4.78 is 12.0. The van der Waals surface area contributed by atoms with Crippen LogP contribution in [0.3, 0.4) is 0 Å². The molecule has 128 valence electrons. The Balaban J connectivity index is 1.82. The summed E-state index contributed by atoms with van der Waals surface area (Å²) in [5, 5.41) is 9.94. The van der Waals surface area contributed by atoms with Gasteiger partial charge in [0.15, 0.2) is 11.5 Å². The molecule has 6 heteroatoms. The number of phenols is 1. The van der Waals surface area contributed by atoms with Crippen LogP contribution in [0.25, 0.3) is 0 Å². The first-order chi connectivity index (χ1) is 11.3. The number of ether oxygens (including phenoxy) is 2. The van der Waals surface area contributed by atoms with E-state index in [-0.39, 0.29) is 22.8 Å². The summed E-state index contributed by atoms with van der Waals surface area (Å²) >= 11 is 0. The first-order valence-electron chi connectivity index (χ1n) is 7.87. The number of aryl methyl sites for hydroxylation is 1.